The number of carbonyl (C=O) groups is 1. The van der Waals surface area contributed by atoms with Gasteiger partial charge in [-0.2, -0.15) is 0 Å². The van der Waals surface area contributed by atoms with Crippen molar-refractivity contribution in [2.45, 2.75) is 13.0 Å². The van der Waals surface area contributed by atoms with Crippen molar-refractivity contribution in [3.05, 3.63) is 63.7 Å². The first-order valence-corrected chi connectivity index (χ1v) is 10.5. The Balaban J connectivity index is 1.59. The molecule has 32 heavy (non-hydrogen) atoms. The van der Waals surface area contributed by atoms with Crippen LogP contribution < -0.4 is 9.80 Å². The maximum Gasteiger partial charge on any atom is 0.295 e. The molecule has 4 rings (SSSR count). The van der Waals surface area contributed by atoms with Gasteiger partial charge in [0.15, 0.2) is 5.82 Å². The predicted molar refractivity (Wildman–Crippen MR) is 115 cm³/mol. The van der Waals surface area contributed by atoms with Gasteiger partial charge in [-0.3, -0.25) is 14.9 Å². The summed E-state index contributed by atoms with van der Waals surface area (Å²) in [5.74, 6) is -1.65. The lowest BCUT2D eigenvalue weighted by Gasteiger charge is -2.41. The minimum absolute atomic E-state index is 0.00448. The zero-order chi connectivity index (χ0) is 22.8. The maximum atomic E-state index is 14.7. The van der Waals surface area contributed by atoms with Gasteiger partial charge in [-0.1, -0.05) is 12.1 Å². The highest BCUT2D eigenvalue weighted by Crippen LogP contribution is 2.36. The third-order valence-electron chi connectivity index (χ3n) is 5.93. The molecule has 0 N–H and O–H groups in total. The predicted octanol–water partition coefficient (Wildman–Crippen LogP) is 3.06. The Hall–Kier alpha value is -3.27. The minimum Gasteiger partial charge on any atom is -0.378 e. The van der Waals surface area contributed by atoms with Crippen LogP contribution in [0.25, 0.3) is 0 Å². The van der Waals surface area contributed by atoms with Crippen molar-refractivity contribution in [3.8, 4) is 0 Å². The van der Waals surface area contributed by atoms with Gasteiger partial charge in [0.2, 0.25) is 0 Å². The van der Waals surface area contributed by atoms with Crippen molar-refractivity contribution in [1.82, 2.24) is 4.90 Å². The van der Waals surface area contributed by atoms with Gasteiger partial charge in [-0.05, 0) is 25.1 Å². The number of carbonyl (C=O) groups excluding carboxylic acids is 1. The number of nitro benzene ring substituents is 1. The molecule has 0 saturated carbocycles. The van der Waals surface area contributed by atoms with Gasteiger partial charge in [0.1, 0.15) is 11.5 Å². The van der Waals surface area contributed by atoms with Crippen LogP contribution in [0.3, 0.4) is 0 Å². The third kappa shape index (κ3) is 4.22. The molecule has 0 radical (unpaired) electrons. The summed E-state index contributed by atoms with van der Waals surface area (Å²) in [4.78, 5) is 29.1. The number of nitro groups is 1. The van der Waals surface area contributed by atoms with E-state index >= 15 is 0 Å². The molecule has 8 nitrogen and oxygen atoms in total. The van der Waals surface area contributed by atoms with Crippen LogP contribution in [0.15, 0.2) is 36.4 Å². The monoisotopic (exact) mass is 446 g/mol. The van der Waals surface area contributed by atoms with Gasteiger partial charge in [-0.15, -0.1) is 0 Å². The highest BCUT2D eigenvalue weighted by Gasteiger charge is 2.33. The Morgan fingerprint density at radius 2 is 1.75 bits per heavy atom. The first kappa shape index (κ1) is 21.9. The fraction of sp³-hybridized carbons (Fsp3) is 0.409. The number of anilines is 2. The van der Waals surface area contributed by atoms with Crippen LogP contribution in [0.1, 0.15) is 17.3 Å². The van der Waals surface area contributed by atoms with Crippen LogP contribution >= 0.6 is 0 Å². The van der Waals surface area contributed by atoms with Crippen LogP contribution in [0.2, 0.25) is 0 Å². The summed E-state index contributed by atoms with van der Waals surface area (Å²) in [5, 5.41) is 11.7. The van der Waals surface area contributed by atoms with Crippen LogP contribution in [0.4, 0.5) is 25.8 Å². The molecule has 0 aliphatic carbocycles. The van der Waals surface area contributed by atoms with Crippen LogP contribution in [0.5, 0.6) is 0 Å². The molecule has 0 aromatic heterocycles. The second-order valence-corrected chi connectivity index (χ2v) is 7.92. The summed E-state index contributed by atoms with van der Waals surface area (Å²) >= 11 is 0. The number of hydrogen-bond acceptors (Lipinski definition) is 6. The fourth-order valence-electron chi connectivity index (χ4n) is 4.25. The van der Waals surface area contributed by atoms with Gasteiger partial charge in [0.25, 0.3) is 11.6 Å². The van der Waals surface area contributed by atoms with Gasteiger partial charge >= 0.3 is 0 Å². The molecule has 170 valence electrons. The topological polar surface area (TPSA) is 79.2 Å². The smallest absolute Gasteiger partial charge is 0.295 e. The van der Waals surface area contributed by atoms with Crippen molar-refractivity contribution in [1.29, 1.82) is 0 Å². The van der Waals surface area contributed by atoms with Crippen molar-refractivity contribution in [2.24, 2.45) is 0 Å². The molecule has 2 heterocycles. The first-order chi connectivity index (χ1) is 15.4. The first-order valence-electron chi connectivity index (χ1n) is 10.5. The van der Waals surface area contributed by atoms with Crippen molar-refractivity contribution in [2.75, 3.05) is 55.7 Å². The molecule has 10 heteroatoms. The number of hydrogen-bond donors (Lipinski definition) is 0. The standard InChI is InChI=1S/C22H24F2N4O4/c1-15-14-26(6-7-27(15)22(29)16-4-2-3-5-17(16)23)20-13-19(25-8-10-32-11-9-25)18(24)12-21(20)28(30)31/h2-5,12-13,15H,6-11,14H2,1H3/t15-/m1/s1. The molecule has 2 aliphatic heterocycles. The number of benzene rings is 2. The van der Waals surface area contributed by atoms with E-state index in [1.54, 1.807) is 15.9 Å². The Kier molecular flexibility index (Phi) is 6.22. The van der Waals surface area contributed by atoms with Gasteiger partial charge in [0, 0.05) is 38.8 Å². The summed E-state index contributed by atoms with van der Waals surface area (Å²) in [6.45, 7) is 4.58. The number of amides is 1. The summed E-state index contributed by atoms with van der Waals surface area (Å²) in [7, 11) is 0. The van der Waals surface area contributed by atoms with Crippen LogP contribution in [0, 0.1) is 21.7 Å². The fourth-order valence-corrected chi connectivity index (χ4v) is 4.25. The summed E-state index contributed by atoms with van der Waals surface area (Å²) < 4.78 is 34.1. The van der Waals surface area contributed by atoms with Crippen molar-refractivity contribution >= 4 is 23.0 Å². The molecule has 0 spiro atoms. The molecular weight excluding hydrogens is 422 g/mol. The Morgan fingerprint density at radius 3 is 2.41 bits per heavy atom. The largest absolute Gasteiger partial charge is 0.378 e. The molecule has 0 unspecified atom stereocenters. The normalized spacial score (nSPS) is 19.2. The SMILES string of the molecule is C[C@@H]1CN(c2cc(N3CCOCC3)c(F)cc2[N+](=O)[O-])CCN1C(=O)c1ccccc1F. The number of ether oxygens (including phenoxy) is 1. The van der Waals surface area contributed by atoms with Crippen LogP contribution in [-0.4, -0.2) is 67.7 Å². The number of nitrogens with zero attached hydrogens (tertiary/aromatic N) is 4. The van der Waals surface area contributed by atoms with E-state index in [-0.39, 0.29) is 23.8 Å². The lowest BCUT2D eigenvalue weighted by atomic mass is 10.1. The molecule has 1 atom stereocenters. The molecule has 2 aliphatic rings. The zero-order valence-corrected chi connectivity index (χ0v) is 17.7. The van der Waals surface area contributed by atoms with Gasteiger partial charge in [0.05, 0.1) is 35.5 Å². The molecule has 1 amide bonds. The van der Waals surface area contributed by atoms with E-state index < -0.39 is 22.5 Å². The molecule has 2 saturated heterocycles. The summed E-state index contributed by atoms with van der Waals surface area (Å²) in [6.07, 6.45) is 0. The van der Waals surface area contributed by atoms with Crippen molar-refractivity contribution < 1.29 is 23.2 Å². The maximum absolute atomic E-state index is 14.7. The second-order valence-electron chi connectivity index (χ2n) is 7.92. The molecule has 2 aromatic carbocycles. The number of rotatable bonds is 4. The highest BCUT2D eigenvalue weighted by atomic mass is 19.1. The van der Waals surface area contributed by atoms with E-state index in [0.717, 1.165) is 6.07 Å². The molecular formula is C22H24F2N4O4. The zero-order valence-electron chi connectivity index (χ0n) is 17.7. The van der Waals surface area contributed by atoms with E-state index in [2.05, 4.69) is 0 Å². The average molecular weight is 446 g/mol. The number of morpholine rings is 1. The Morgan fingerprint density at radius 1 is 1.03 bits per heavy atom. The van der Waals surface area contributed by atoms with E-state index in [0.29, 0.717) is 50.8 Å². The third-order valence-corrected chi connectivity index (χ3v) is 5.93. The minimum atomic E-state index is -0.649. The van der Waals surface area contributed by atoms with E-state index in [1.165, 1.54) is 24.3 Å². The molecule has 0 bridgehead atoms. The van der Waals surface area contributed by atoms with Crippen LogP contribution in [-0.2, 0) is 4.74 Å². The highest BCUT2D eigenvalue weighted by molar-refractivity contribution is 5.95. The Labute approximate surface area is 184 Å². The number of halogens is 2. The second kappa shape index (κ2) is 9.07. The molecule has 2 fully saturated rings. The summed E-state index contributed by atoms with van der Waals surface area (Å²) in [5.41, 5.74) is 0.282. The van der Waals surface area contributed by atoms with E-state index in [4.69, 9.17) is 4.74 Å². The van der Waals surface area contributed by atoms with Gasteiger partial charge in [-0.25, -0.2) is 8.78 Å². The van der Waals surface area contributed by atoms with E-state index in [9.17, 15) is 23.7 Å². The Bertz CT molecular complexity index is 1030. The van der Waals surface area contributed by atoms with Gasteiger partial charge < -0.3 is 19.4 Å². The van der Waals surface area contributed by atoms with Crippen molar-refractivity contribution in [3.63, 3.8) is 0 Å². The average Bonchev–Trinajstić information content (AvgIpc) is 2.79. The number of piperazine rings is 1. The summed E-state index contributed by atoms with van der Waals surface area (Å²) in [6, 6.07) is 7.95. The lowest BCUT2D eigenvalue weighted by Crippen LogP contribution is -2.54. The lowest BCUT2D eigenvalue weighted by molar-refractivity contribution is -0.384. The quantitative estimate of drug-likeness (QED) is 0.531. The van der Waals surface area contributed by atoms with E-state index in [1.807, 2.05) is 11.8 Å². The molecule has 2 aromatic rings.